The lowest BCUT2D eigenvalue weighted by Crippen LogP contribution is -1.84. The van der Waals surface area contributed by atoms with E-state index in [2.05, 4.69) is 80.4 Å². The Morgan fingerprint density at radius 1 is 1.09 bits per heavy atom. The molecule has 0 unspecified atom stereocenters. The van der Waals surface area contributed by atoms with Gasteiger partial charge in [0.05, 0.1) is 0 Å². The van der Waals surface area contributed by atoms with Crippen LogP contribution in [0.15, 0.2) is 61.7 Å². The first kappa shape index (κ1) is 14.9. The van der Waals surface area contributed by atoms with Gasteiger partial charge in [0.1, 0.15) is 0 Å². The molecule has 0 bridgehead atoms. The summed E-state index contributed by atoms with van der Waals surface area (Å²) in [6.07, 6.45) is 7.59. The van der Waals surface area contributed by atoms with Gasteiger partial charge in [-0.3, -0.25) is 0 Å². The summed E-state index contributed by atoms with van der Waals surface area (Å²) in [7, 11) is 0. The number of allylic oxidation sites excluding steroid dienone is 2. The standard InChI is InChI=1S/C21H20S/c1-15-6-10-20-14-18(9-13-21(15)20)5-3-4-17-7-11-19(12-8-17)16(2)22/h3,5,7-9,11-14,22H,1-2,4,6,10H2/b5-3-. The number of fused-ring (bicyclic) bond motifs is 1. The van der Waals surface area contributed by atoms with Crippen molar-refractivity contribution < 1.29 is 0 Å². The molecule has 110 valence electrons. The number of thiol groups is 1. The first-order valence-electron chi connectivity index (χ1n) is 7.58. The lowest BCUT2D eigenvalue weighted by atomic mass is 10.0. The second kappa shape index (κ2) is 6.41. The molecule has 0 heterocycles. The van der Waals surface area contributed by atoms with Crippen molar-refractivity contribution in [2.24, 2.45) is 0 Å². The van der Waals surface area contributed by atoms with Crippen molar-refractivity contribution in [2.75, 3.05) is 0 Å². The molecule has 1 heteroatoms. The topological polar surface area (TPSA) is 0 Å². The Kier molecular flexibility index (Phi) is 4.35. The maximum absolute atomic E-state index is 4.26. The van der Waals surface area contributed by atoms with E-state index in [1.807, 2.05) is 0 Å². The summed E-state index contributed by atoms with van der Waals surface area (Å²) < 4.78 is 0. The smallest absolute Gasteiger partial charge is 0.00405 e. The second-order valence-electron chi connectivity index (χ2n) is 5.77. The van der Waals surface area contributed by atoms with E-state index in [-0.39, 0.29) is 0 Å². The van der Waals surface area contributed by atoms with Crippen LogP contribution in [0.5, 0.6) is 0 Å². The van der Waals surface area contributed by atoms with Crippen molar-refractivity contribution in [3.8, 4) is 0 Å². The van der Waals surface area contributed by atoms with Gasteiger partial charge in [-0.15, -0.1) is 12.6 Å². The quantitative estimate of drug-likeness (QED) is 0.678. The van der Waals surface area contributed by atoms with Gasteiger partial charge in [0, 0.05) is 4.91 Å². The molecule has 22 heavy (non-hydrogen) atoms. The lowest BCUT2D eigenvalue weighted by Gasteiger charge is -2.02. The fourth-order valence-electron chi connectivity index (χ4n) is 2.85. The second-order valence-corrected chi connectivity index (χ2v) is 6.31. The first-order chi connectivity index (χ1) is 10.6. The van der Waals surface area contributed by atoms with Gasteiger partial charge in [-0.2, -0.15) is 0 Å². The molecule has 0 fully saturated rings. The molecule has 0 N–H and O–H groups in total. The summed E-state index contributed by atoms with van der Waals surface area (Å²) in [5, 5.41) is 0. The molecule has 0 nitrogen and oxygen atoms in total. The average Bonchev–Trinajstić information content (AvgIpc) is 2.89. The van der Waals surface area contributed by atoms with Crippen LogP contribution in [0.4, 0.5) is 0 Å². The summed E-state index contributed by atoms with van der Waals surface area (Å²) in [5.74, 6) is 0. The van der Waals surface area contributed by atoms with Gasteiger partial charge in [0.25, 0.3) is 0 Å². The Balaban J connectivity index is 1.67. The summed E-state index contributed by atoms with van der Waals surface area (Å²) in [6.45, 7) is 7.95. The van der Waals surface area contributed by atoms with E-state index in [1.54, 1.807) is 0 Å². The van der Waals surface area contributed by atoms with Gasteiger partial charge >= 0.3 is 0 Å². The van der Waals surface area contributed by atoms with E-state index in [0.29, 0.717) is 0 Å². The minimum absolute atomic E-state index is 0.807. The zero-order valence-electron chi connectivity index (χ0n) is 12.7. The van der Waals surface area contributed by atoms with Crippen LogP contribution >= 0.6 is 12.6 Å². The Morgan fingerprint density at radius 2 is 1.86 bits per heavy atom. The molecule has 0 saturated carbocycles. The van der Waals surface area contributed by atoms with Gasteiger partial charge < -0.3 is 0 Å². The maximum Gasteiger partial charge on any atom is 0.00405 e. The zero-order valence-corrected chi connectivity index (χ0v) is 13.6. The molecule has 2 aromatic carbocycles. The predicted molar refractivity (Wildman–Crippen MR) is 101 cm³/mol. The third kappa shape index (κ3) is 3.26. The van der Waals surface area contributed by atoms with Crippen molar-refractivity contribution in [3.63, 3.8) is 0 Å². The van der Waals surface area contributed by atoms with E-state index in [0.717, 1.165) is 29.7 Å². The normalized spacial score (nSPS) is 13.6. The molecule has 0 saturated heterocycles. The molecule has 0 spiro atoms. The Morgan fingerprint density at radius 3 is 2.59 bits per heavy atom. The van der Waals surface area contributed by atoms with Crippen LogP contribution in [0.2, 0.25) is 0 Å². The van der Waals surface area contributed by atoms with E-state index in [4.69, 9.17) is 0 Å². The average molecular weight is 304 g/mol. The van der Waals surface area contributed by atoms with Crippen molar-refractivity contribution in [1.29, 1.82) is 0 Å². The minimum atomic E-state index is 0.807. The highest BCUT2D eigenvalue weighted by atomic mass is 32.1. The number of benzene rings is 2. The maximum atomic E-state index is 4.26. The van der Waals surface area contributed by atoms with Crippen LogP contribution in [0, 0.1) is 0 Å². The largest absolute Gasteiger partial charge is 0.143 e. The molecule has 0 atom stereocenters. The number of rotatable bonds is 4. The van der Waals surface area contributed by atoms with Crippen molar-refractivity contribution in [3.05, 3.63) is 89.5 Å². The number of hydrogen-bond acceptors (Lipinski definition) is 1. The fourth-order valence-corrected chi connectivity index (χ4v) is 3.00. The van der Waals surface area contributed by atoms with Crippen LogP contribution < -0.4 is 0 Å². The SMILES string of the molecule is C=C(S)c1ccc(C/C=C\c2ccc3c(c2)CCC3=C)cc1. The minimum Gasteiger partial charge on any atom is -0.143 e. The van der Waals surface area contributed by atoms with Gasteiger partial charge in [-0.05, 0) is 52.7 Å². The summed E-state index contributed by atoms with van der Waals surface area (Å²) in [6, 6.07) is 15.1. The highest BCUT2D eigenvalue weighted by molar-refractivity contribution is 7.90. The monoisotopic (exact) mass is 304 g/mol. The van der Waals surface area contributed by atoms with E-state index < -0.39 is 0 Å². The van der Waals surface area contributed by atoms with Gasteiger partial charge in [-0.25, -0.2) is 0 Å². The first-order valence-corrected chi connectivity index (χ1v) is 8.03. The zero-order chi connectivity index (χ0) is 15.5. The fraction of sp³-hybridized carbons (Fsp3) is 0.143. The third-order valence-corrected chi connectivity index (χ3v) is 4.42. The third-order valence-electron chi connectivity index (χ3n) is 4.16. The molecule has 0 aliphatic heterocycles. The van der Waals surface area contributed by atoms with Crippen LogP contribution in [0.1, 0.15) is 34.2 Å². The Labute approximate surface area is 138 Å². The van der Waals surface area contributed by atoms with Crippen LogP contribution in [0.3, 0.4) is 0 Å². The molecule has 3 rings (SSSR count). The van der Waals surface area contributed by atoms with Gasteiger partial charge in [-0.1, -0.05) is 67.8 Å². The number of hydrogen-bond donors (Lipinski definition) is 1. The molecule has 1 aliphatic rings. The van der Waals surface area contributed by atoms with Crippen LogP contribution in [-0.2, 0) is 12.8 Å². The summed E-state index contributed by atoms with van der Waals surface area (Å²) in [4.78, 5) is 0.807. The summed E-state index contributed by atoms with van der Waals surface area (Å²) in [5.41, 5.74) is 7.70. The Hall–Kier alpha value is -1.99. The number of aryl methyl sites for hydroxylation is 1. The molecule has 0 aromatic heterocycles. The molecule has 0 radical (unpaired) electrons. The summed E-state index contributed by atoms with van der Waals surface area (Å²) >= 11 is 4.26. The highest BCUT2D eigenvalue weighted by Crippen LogP contribution is 2.31. The van der Waals surface area contributed by atoms with E-state index in [1.165, 1.54) is 27.8 Å². The van der Waals surface area contributed by atoms with Crippen LogP contribution in [-0.4, -0.2) is 0 Å². The molecular weight excluding hydrogens is 284 g/mol. The van der Waals surface area contributed by atoms with Crippen molar-refractivity contribution >= 4 is 29.2 Å². The van der Waals surface area contributed by atoms with E-state index >= 15 is 0 Å². The lowest BCUT2D eigenvalue weighted by molar-refractivity contribution is 1.08. The molecule has 1 aliphatic carbocycles. The Bertz CT molecular complexity index is 748. The van der Waals surface area contributed by atoms with Gasteiger partial charge in [0.2, 0.25) is 0 Å². The molecular formula is C21H20S. The van der Waals surface area contributed by atoms with Gasteiger partial charge in [0.15, 0.2) is 0 Å². The van der Waals surface area contributed by atoms with Crippen molar-refractivity contribution in [1.82, 2.24) is 0 Å². The van der Waals surface area contributed by atoms with Crippen molar-refractivity contribution in [2.45, 2.75) is 19.3 Å². The highest BCUT2D eigenvalue weighted by Gasteiger charge is 2.13. The molecule has 0 amide bonds. The van der Waals surface area contributed by atoms with E-state index in [9.17, 15) is 0 Å². The van der Waals surface area contributed by atoms with Crippen LogP contribution in [0.25, 0.3) is 16.6 Å². The predicted octanol–water partition coefficient (Wildman–Crippen LogP) is 5.80. The molecule has 2 aromatic rings.